The Morgan fingerprint density at radius 3 is 2.67 bits per heavy atom. The second kappa shape index (κ2) is 9.25. The molecule has 2 N–H and O–H groups in total. The lowest BCUT2D eigenvalue weighted by molar-refractivity contribution is -0.150. The van der Waals surface area contributed by atoms with Crippen molar-refractivity contribution in [2.24, 2.45) is 0 Å². The van der Waals surface area contributed by atoms with E-state index in [-0.39, 0.29) is 36.4 Å². The predicted molar refractivity (Wildman–Crippen MR) is 89.1 cm³/mol. The lowest BCUT2D eigenvalue weighted by Crippen LogP contribution is -2.44. The molecule has 132 valence electrons. The van der Waals surface area contributed by atoms with Gasteiger partial charge in [-0.3, -0.25) is 4.79 Å². The van der Waals surface area contributed by atoms with Gasteiger partial charge in [-0.1, -0.05) is 12.1 Å². The summed E-state index contributed by atoms with van der Waals surface area (Å²) in [6, 6.07) is 6.25. The van der Waals surface area contributed by atoms with Crippen molar-refractivity contribution in [1.29, 1.82) is 0 Å². The van der Waals surface area contributed by atoms with E-state index in [0.717, 1.165) is 31.2 Å². The van der Waals surface area contributed by atoms with Gasteiger partial charge in [-0.15, -0.1) is 0 Å². The molecule has 1 aliphatic rings. The first-order valence-electron chi connectivity index (χ1n) is 8.55. The van der Waals surface area contributed by atoms with Crippen LogP contribution in [-0.2, 0) is 16.0 Å². The number of esters is 1. The third-order valence-electron chi connectivity index (χ3n) is 4.15. The molecule has 0 spiro atoms. The maximum absolute atomic E-state index is 13.1. The zero-order valence-electron chi connectivity index (χ0n) is 14.0. The number of hydrogen-bond acceptors (Lipinski definition) is 3. The minimum Gasteiger partial charge on any atom is -0.462 e. The third-order valence-corrected chi connectivity index (χ3v) is 4.15. The Labute approximate surface area is 142 Å². The summed E-state index contributed by atoms with van der Waals surface area (Å²) < 4.78 is 18.6. The first kappa shape index (κ1) is 18.2. The van der Waals surface area contributed by atoms with Gasteiger partial charge in [-0.2, -0.15) is 0 Å². The van der Waals surface area contributed by atoms with Crippen molar-refractivity contribution in [3.8, 4) is 0 Å². The molecule has 2 amide bonds. The number of halogens is 1. The van der Waals surface area contributed by atoms with Crippen LogP contribution in [0.4, 0.5) is 9.18 Å². The van der Waals surface area contributed by atoms with E-state index < -0.39 is 0 Å². The summed E-state index contributed by atoms with van der Waals surface area (Å²) >= 11 is 0. The third kappa shape index (κ3) is 6.18. The normalized spacial score (nSPS) is 20.2. The highest BCUT2D eigenvalue weighted by molar-refractivity contribution is 5.74. The Balaban J connectivity index is 1.66. The number of carbonyl (C=O) groups excluding carboxylic acids is 2. The molecule has 1 aromatic carbocycles. The van der Waals surface area contributed by atoms with Gasteiger partial charge in [0.25, 0.3) is 0 Å². The molecule has 1 aliphatic carbocycles. The van der Waals surface area contributed by atoms with Crippen LogP contribution >= 0.6 is 0 Å². The van der Waals surface area contributed by atoms with Gasteiger partial charge >= 0.3 is 12.0 Å². The fourth-order valence-electron chi connectivity index (χ4n) is 2.91. The summed E-state index contributed by atoms with van der Waals surface area (Å²) in [4.78, 5) is 23.4. The van der Waals surface area contributed by atoms with Gasteiger partial charge < -0.3 is 15.4 Å². The minimum atomic E-state index is -0.293. The molecule has 0 saturated heterocycles. The molecule has 0 bridgehead atoms. The largest absolute Gasteiger partial charge is 0.462 e. The monoisotopic (exact) mass is 336 g/mol. The van der Waals surface area contributed by atoms with E-state index in [1.807, 2.05) is 6.92 Å². The molecule has 0 unspecified atom stereocenters. The van der Waals surface area contributed by atoms with Crippen LogP contribution in [0.25, 0.3) is 0 Å². The Hall–Kier alpha value is -2.11. The van der Waals surface area contributed by atoms with Crippen molar-refractivity contribution in [1.82, 2.24) is 10.6 Å². The van der Waals surface area contributed by atoms with E-state index >= 15 is 0 Å². The molecular formula is C18H25FN2O3. The van der Waals surface area contributed by atoms with Gasteiger partial charge in [0.1, 0.15) is 11.9 Å². The number of nitrogens with one attached hydrogen (secondary N) is 2. The lowest BCUT2D eigenvalue weighted by Gasteiger charge is -2.28. The smallest absolute Gasteiger partial charge is 0.314 e. The zero-order chi connectivity index (χ0) is 17.4. The molecule has 0 aromatic heterocycles. The van der Waals surface area contributed by atoms with Crippen LogP contribution in [0.5, 0.6) is 0 Å². The Bertz CT molecular complexity index is 557. The van der Waals surface area contributed by atoms with Gasteiger partial charge in [-0.25, -0.2) is 9.18 Å². The van der Waals surface area contributed by atoms with Crippen LogP contribution in [0.2, 0.25) is 0 Å². The first-order chi connectivity index (χ1) is 11.6. The van der Waals surface area contributed by atoms with E-state index in [0.29, 0.717) is 13.0 Å². The first-order valence-corrected chi connectivity index (χ1v) is 8.55. The summed E-state index contributed by atoms with van der Waals surface area (Å²) in [7, 11) is 0. The maximum atomic E-state index is 13.1. The minimum absolute atomic E-state index is 0.0858. The Kier molecular flexibility index (Phi) is 7.03. The van der Waals surface area contributed by atoms with E-state index in [1.165, 1.54) is 12.1 Å². The maximum Gasteiger partial charge on any atom is 0.314 e. The van der Waals surface area contributed by atoms with Crippen LogP contribution in [0.3, 0.4) is 0 Å². The average molecular weight is 336 g/mol. The number of ether oxygens (including phenoxy) is 1. The second-order valence-electron chi connectivity index (χ2n) is 6.10. The summed E-state index contributed by atoms with van der Waals surface area (Å²) in [5.41, 5.74) is 0.793. The van der Waals surface area contributed by atoms with E-state index in [4.69, 9.17) is 4.74 Å². The summed E-state index contributed by atoms with van der Waals surface area (Å²) in [5.74, 6) is -0.543. The highest BCUT2D eigenvalue weighted by Gasteiger charge is 2.24. The molecule has 0 aliphatic heterocycles. The number of aryl methyl sites for hydroxylation is 1. The number of amides is 2. The van der Waals surface area contributed by atoms with Crippen LogP contribution in [0.15, 0.2) is 24.3 Å². The quantitative estimate of drug-likeness (QED) is 0.785. The molecule has 0 radical (unpaired) electrons. The topological polar surface area (TPSA) is 67.4 Å². The highest BCUT2D eigenvalue weighted by atomic mass is 19.1. The van der Waals surface area contributed by atoms with E-state index in [1.54, 1.807) is 12.1 Å². The van der Waals surface area contributed by atoms with Crippen molar-refractivity contribution >= 4 is 12.0 Å². The standard InChI is InChI=1S/C18H25FN2O3/c1-2-20-18(23)21-15-7-9-16(10-8-15)24-17(22)11-6-13-4-3-5-14(19)12-13/h3-5,12,15-16H,2,6-11H2,1H3,(H2,20,21,23). The fourth-order valence-corrected chi connectivity index (χ4v) is 2.91. The number of hydrogen-bond donors (Lipinski definition) is 2. The molecule has 2 rings (SSSR count). The van der Waals surface area contributed by atoms with Gasteiger partial charge in [0.2, 0.25) is 0 Å². The molecule has 1 saturated carbocycles. The summed E-state index contributed by atoms with van der Waals surface area (Å²) in [5, 5.41) is 5.63. The molecule has 24 heavy (non-hydrogen) atoms. The molecular weight excluding hydrogens is 311 g/mol. The number of rotatable bonds is 6. The fraction of sp³-hybridized carbons (Fsp3) is 0.556. The molecule has 1 fully saturated rings. The van der Waals surface area contributed by atoms with E-state index in [9.17, 15) is 14.0 Å². The van der Waals surface area contributed by atoms with Crippen LogP contribution in [0.1, 0.15) is 44.6 Å². The van der Waals surface area contributed by atoms with Gasteiger partial charge in [0.15, 0.2) is 0 Å². The predicted octanol–water partition coefficient (Wildman–Crippen LogP) is 2.93. The van der Waals surface area contributed by atoms with Crippen molar-refractivity contribution in [2.45, 2.75) is 57.6 Å². The second-order valence-corrected chi connectivity index (χ2v) is 6.10. The van der Waals surface area contributed by atoms with Crippen LogP contribution < -0.4 is 10.6 Å². The van der Waals surface area contributed by atoms with E-state index in [2.05, 4.69) is 10.6 Å². The molecule has 1 aromatic rings. The van der Waals surface area contributed by atoms with Crippen molar-refractivity contribution in [3.63, 3.8) is 0 Å². The molecule has 0 heterocycles. The highest BCUT2D eigenvalue weighted by Crippen LogP contribution is 2.22. The summed E-state index contributed by atoms with van der Waals surface area (Å²) in [6.45, 7) is 2.48. The number of benzene rings is 1. The lowest BCUT2D eigenvalue weighted by atomic mass is 9.93. The molecule has 6 heteroatoms. The van der Waals surface area contributed by atoms with Gasteiger partial charge in [0.05, 0.1) is 0 Å². The van der Waals surface area contributed by atoms with Crippen molar-refractivity contribution < 1.29 is 18.7 Å². The SMILES string of the molecule is CCNC(=O)NC1CCC(OC(=O)CCc2cccc(F)c2)CC1. The zero-order valence-corrected chi connectivity index (χ0v) is 14.0. The van der Waals surface area contributed by atoms with Crippen molar-refractivity contribution in [3.05, 3.63) is 35.6 Å². The van der Waals surface area contributed by atoms with Gasteiger partial charge in [-0.05, 0) is 56.7 Å². The number of carbonyl (C=O) groups is 2. The summed E-state index contributed by atoms with van der Waals surface area (Å²) in [6.07, 6.45) is 3.76. The van der Waals surface area contributed by atoms with Crippen LogP contribution in [0, 0.1) is 5.82 Å². The average Bonchev–Trinajstić information content (AvgIpc) is 2.55. The Morgan fingerprint density at radius 2 is 2.00 bits per heavy atom. The van der Waals surface area contributed by atoms with Crippen molar-refractivity contribution in [2.75, 3.05) is 6.54 Å². The Morgan fingerprint density at radius 1 is 1.25 bits per heavy atom. The van der Waals surface area contributed by atoms with Crippen LogP contribution in [-0.4, -0.2) is 30.7 Å². The molecule has 0 atom stereocenters. The number of urea groups is 1. The van der Waals surface area contributed by atoms with Gasteiger partial charge in [0, 0.05) is 19.0 Å². The molecule has 5 nitrogen and oxygen atoms in total.